The zero-order valence-electron chi connectivity index (χ0n) is 15.2. The van der Waals surface area contributed by atoms with Crippen molar-refractivity contribution in [2.24, 2.45) is 11.7 Å². The van der Waals surface area contributed by atoms with E-state index >= 15 is 0 Å². The van der Waals surface area contributed by atoms with E-state index in [1.807, 2.05) is 26.0 Å². The molecule has 0 fully saturated rings. The Kier molecular flexibility index (Phi) is 9.01. The molecule has 136 valence electrons. The largest absolute Gasteiger partial charge is 0.350 e. The number of amides is 2. The van der Waals surface area contributed by atoms with Crippen molar-refractivity contribution in [2.45, 2.75) is 52.6 Å². The van der Waals surface area contributed by atoms with Crippen molar-refractivity contribution in [2.75, 3.05) is 6.54 Å². The highest BCUT2D eigenvalue weighted by atomic mass is 35.5. The van der Waals surface area contributed by atoms with Crippen molar-refractivity contribution >= 4 is 24.2 Å². The van der Waals surface area contributed by atoms with Crippen LogP contribution in [-0.2, 0) is 21.5 Å². The van der Waals surface area contributed by atoms with Gasteiger partial charge >= 0.3 is 0 Å². The molecular weight excluding hydrogens is 326 g/mol. The molecule has 0 spiro atoms. The standard InChI is InChI=1S/C18H29N3O2.ClH/c1-12(2)16(19)17(23)21-11-15(22)20-10-13-6-8-14(9-7-13)18(3,4)5;/h6-9,12,16H,10-11,19H2,1-5H3,(H,20,22)(H,21,23);1H/t16-;/m0./s1. The molecular formula is C18H30ClN3O2. The van der Waals surface area contributed by atoms with Crippen LogP contribution in [-0.4, -0.2) is 24.4 Å². The molecule has 0 saturated carbocycles. The molecule has 0 aliphatic rings. The molecule has 0 saturated heterocycles. The highest BCUT2D eigenvalue weighted by Crippen LogP contribution is 2.22. The van der Waals surface area contributed by atoms with E-state index in [4.69, 9.17) is 5.73 Å². The maximum absolute atomic E-state index is 11.8. The lowest BCUT2D eigenvalue weighted by Crippen LogP contribution is -2.47. The molecule has 1 aromatic carbocycles. The van der Waals surface area contributed by atoms with Crippen LogP contribution in [0.5, 0.6) is 0 Å². The predicted molar refractivity (Wildman–Crippen MR) is 100 cm³/mol. The summed E-state index contributed by atoms with van der Waals surface area (Å²) in [7, 11) is 0. The van der Waals surface area contributed by atoms with Gasteiger partial charge in [-0.1, -0.05) is 58.9 Å². The van der Waals surface area contributed by atoms with E-state index in [0.29, 0.717) is 6.54 Å². The lowest BCUT2D eigenvalue weighted by molar-refractivity contribution is -0.127. The molecule has 2 amide bonds. The Morgan fingerprint density at radius 2 is 1.62 bits per heavy atom. The molecule has 0 radical (unpaired) electrons. The predicted octanol–water partition coefficient (Wildman–Crippen LogP) is 2.12. The highest BCUT2D eigenvalue weighted by Gasteiger charge is 2.17. The molecule has 0 bridgehead atoms. The smallest absolute Gasteiger partial charge is 0.239 e. The van der Waals surface area contributed by atoms with E-state index in [1.165, 1.54) is 5.56 Å². The van der Waals surface area contributed by atoms with Crippen LogP contribution in [0.25, 0.3) is 0 Å². The number of nitrogens with two attached hydrogens (primary N) is 1. The number of hydrogen-bond donors (Lipinski definition) is 3. The van der Waals surface area contributed by atoms with Crippen LogP contribution in [0.3, 0.4) is 0 Å². The molecule has 0 aliphatic heterocycles. The summed E-state index contributed by atoms with van der Waals surface area (Å²) in [6.45, 7) is 10.6. The topological polar surface area (TPSA) is 84.2 Å². The number of carbonyl (C=O) groups excluding carboxylic acids is 2. The number of rotatable bonds is 6. The Bertz CT molecular complexity index is 536. The van der Waals surface area contributed by atoms with Gasteiger partial charge in [-0.3, -0.25) is 9.59 Å². The molecule has 6 heteroatoms. The summed E-state index contributed by atoms with van der Waals surface area (Å²) in [5.41, 5.74) is 8.11. The van der Waals surface area contributed by atoms with Gasteiger partial charge in [-0.15, -0.1) is 12.4 Å². The fraction of sp³-hybridized carbons (Fsp3) is 0.556. The molecule has 1 atom stereocenters. The molecule has 0 unspecified atom stereocenters. The van der Waals surface area contributed by atoms with E-state index in [0.717, 1.165) is 5.56 Å². The highest BCUT2D eigenvalue weighted by molar-refractivity contribution is 5.87. The normalized spacial score (nSPS) is 12.3. The lowest BCUT2D eigenvalue weighted by atomic mass is 9.87. The summed E-state index contributed by atoms with van der Waals surface area (Å²) in [5.74, 6) is -0.488. The van der Waals surface area contributed by atoms with Crippen LogP contribution in [0.2, 0.25) is 0 Å². The number of halogens is 1. The van der Waals surface area contributed by atoms with Gasteiger partial charge in [0.15, 0.2) is 0 Å². The van der Waals surface area contributed by atoms with Gasteiger partial charge in [-0.25, -0.2) is 0 Å². The van der Waals surface area contributed by atoms with E-state index in [-0.39, 0.29) is 42.1 Å². The molecule has 4 N–H and O–H groups in total. The minimum Gasteiger partial charge on any atom is -0.350 e. The fourth-order valence-electron chi connectivity index (χ4n) is 1.97. The Balaban J connectivity index is 0.00000529. The van der Waals surface area contributed by atoms with Gasteiger partial charge in [0.25, 0.3) is 0 Å². The number of benzene rings is 1. The maximum atomic E-state index is 11.8. The van der Waals surface area contributed by atoms with Crippen molar-refractivity contribution in [3.05, 3.63) is 35.4 Å². The van der Waals surface area contributed by atoms with Crippen LogP contribution in [0, 0.1) is 5.92 Å². The van der Waals surface area contributed by atoms with Gasteiger partial charge in [-0.2, -0.15) is 0 Å². The lowest BCUT2D eigenvalue weighted by Gasteiger charge is -2.19. The summed E-state index contributed by atoms with van der Waals surface area (Å²) < 4.78 is 0. The van der Waals surface area contributed by atoms with Gasteiger partial charge in [0.1, 0.15) is 0 Å². The Hall–Kier alpha value is -1.59. The van der Waals surface area contributed by atoms with E-state index in [9.17, 15) is 9.59 Å². The van der Waals surface area contributed by atoms with Crippen molar-refractivity contribution in [3.8, 4) is 0 Å². The minimum atomic E-state index is -0.590. The van der Waals surface area contributed by atoms with Crippen LogP contribution in [0.1, 0.15) is 45.7 Å². The van der Waals surface area contributed by atoms with Crippen LogP contribution < -0.4 is 16.4 Å². The van der Waals surface area contributed by atoms with Crippen LogP contribution in [0.4, 0.5) is 0 Å². The summed E-state index contributed by atoms with van der Waals surface area (Å²) in [4.78, 5) is 23.5. The molecule has 0 aliphatic carbocycles. The van der Waals surface area contributed by atoms with Crippen molar-refractivity contribution in [3.63, 3.8) is 0 Å². The van der Waals surface area contributed by atoms with E-state index in [2.05, 4.69) is 43.5 Å². The second kappa shape index (κ2) is 9.64. The SMILES string of the molecule is CC(C)[C@H](N)C(=O)NCC(=O)NCc1ccc(C(C)(C)C)cc1.Cl. The first-order chi connectivity index (χ1) is 10.6. The first-order valence-corrected chi connectivity index (χ1v) is 8.00. The monoisotopic (exact) mass is 355 g/mol. The average Bonchev–Trinajstić information content (AvgIpc) is 2.49. The van der Waals surface area contributed by atoms with E-state index in [1.54, 1.807) is 0 Å². The third-order valence-corrected chi connectivity index (χ3v) is 3.75. The summed E-state index contributed by atoms with van der Waals surface area (Å²) in [6, 6.07) is 7.57. The van der Waals surface area contributed by atoms with Crippen molar-refractivity contribution < 1.29 is 9.59 Å². The Morgan fingerprint density at radius 1 is 1.08 bits per heavy atom. The quantitative estimate of drug-likeness (QED) is 0.730. The van der Waals surface area contributed by atoms with Gasteiger partial charge in [0, 0.05) is 6.54 Å². The first kappa shape index (κ1) is 22.4. The van der Waals surface area contributed by atoms with Crippen LogP contribution in [0.15, 0.2) is 24.3 Å². The molecule has 0 heterocycles. The Morgan fingerprint density at radius 3 is 2.08 bits per heavy atom. The fourth-order valence-corrected chi connectivity index (χ4v) is 1.97. The number of carbonyl (C=O) groups is 2. The third kappa shape index (κ3) is 7.32. The average molecular weight is 356 g/mol. The summed E-state index contributed by atoms with van der Waals surface area (Å²) in [5, 5.41) is 5.34. The van der Waals surface area contributed by atoms with Gasteiger partial charge in [0.2, 0.25) is 11.8 Å². The molecule has 24 heavy (non-hydrogen) atoms. The van der Waals surface area contributed by atoms with Gasteiger partial charge in [-0.05, 0) is 22.5 Å². The third-order valence-electron chi connectivity index (χ3n) is 3.75. The van der Waals surface area contributed by atoms with Crippen molar-refractivity contribution in [1.29, 1.82) is 0 Å². The van der Waals surface area contributed by atoms with Gasteiger partial charge in [0.05, 0.1) is 12.6 Å². The maximum Gasteiger partial charge on any atom is 0.239 e. The van der Waals surface area contributed by atoms with Crippen LogP contribution >= 0.6 is 12.4 Å². The zero-order valence-corrected chi connectivity index (χ0v) is 16.0. The summed E-state index contributed by atoms with van der Waals surface area (Å²) in [6.07, 6.45) is 0. The van der Waals surface area contributed by atoms with Gasteiger partial charge < -0.3 is 16.4 Å². The van der Waals surface area contributed by atoms with Crippen molar-refractivity contribution in [1.82, 2.24) is 10.6 Å². The minimum absolute atomic E-state index is 0. The second-order valence-corrected chi connectivity index (χ2v) is 7.21. The number of hydrogen-bond acceptors (Lipinski definition) is 3. The van der Waals surface area contributed by atoms with E-state index < -0.39 is 6.04 Å². The molecule has 1 rings (SSSR count). The Labute approximate surface area is 151 Å². The zero-order chi connectivity index (χ0) is 17.6. The number of nitrogens with one attached hydrogen (secondary N) is 2. The summed E-state index contributed by atoms with van der Waals surface area (Å²) >= 11 is 0. The second-order valence-electron chi connectivity index (χ2n) is 7.21. The molecule has 5 nitrogen and oxygen atoms in total. The molecule has 1 aromatic rings. The molecule has 0 aromatic heterocycles. The first-order valence-electron chi connectivity index (χ1n) is 8.00.